The van der Waals surface area contributed by atoms with Crippen molar-refractivity contribution in [3.8, 4) is 0 Å². The second-order valence-corrected chi connectivity index (χ2v) is 5.77. The van der Waals surface area contributed by atoms with Gasteiger partial charge in [0.1, 0.15) is 0 Å². The van der Waals surface area contributed by atoms with E-state index in [4.69, 9.17) is 0 Å². The van der Waals surface area contributed by atoms with Crippen molar-refractivity contribution in [1.29, 1.82) is 0 Å². The molecule has 0 spiro atoms. The van der Waals surface area contributed by atoms with E-state index in [9.17, 15) is 0 Å². The van der Waals surface area contributed by atoms with Gasteiger partial charge in [-0.25, -0.2) is 0 Å². The molecule has 1 heteroatoms. The third kappa shape index (κ3) is 2.74. The van der Waals surface area contributed by atoms with Gasteiger partial charge in [0.25, 0.3) is 0 Å². The Balaban J connectivity index is 2.01. The number of fused-ring (bicyclic) bond motifs is 2. The van der Waals surface area contributed by atoms with Crippen LogP contribution in [-0.2, 0) is 0 Å². The van der Waals surface area contributed by atoms with E-state index >= 15 is 0 Å². The summed E-state index contributed by atoms with van der Waals surface area (Å²) in [5.74, 6) is 0.472. The van der Waals surface area contributed by atoms with Crippen LogP contribution in [0.25, 0.3) is 16.3 Å². The maximum Gasteiger partial charge on any atom is 0.187 e. The van der Waals surface area contributed by atoms with Gasteiger partial charge >= 0.3 is 0 Å². The van der Waals surface area contributed by atoms with Crippen molar-refractivity contribution < 1.29 is 0 Å². The molecule has 2 aromatic carbocycles. The van der Waals surface area contributed by atoms with Crippen LogP contribution in [0.1, 0.15) is 26.3 Å². The van der Waals surface area contributed by atoms with Crippen LogP contribution < -0.4 is 5.46 Å². The Morgan fingerprint density at radius 1 is 1.05 bits per heavy atom. The smallest absolute Gasteiger partial charge is 0.0978 e. The fraction of sp³-hybridized carbons (Fsp3) is 0.200. The Morgan fingerprint density at radius 3 is 2.48 bits per heavy atom. The first kappa shape index (κ1) is 13.9. The summed E-state index contributed by atoms with van der Waals surface area (Å²) in [7, 11) is 2.29. The van der Waals surface area contributed by atoms with Crippen LogP contribution in [0.4, 0.5) is 0 Å². The predicted molar refractivity (Wildman–Crippen MR) is 95.0 cm³/mol. The van der Waals surface area contributed by atoms with Crippen molar-refractivity contribution in [1.82, 2.24) is 0 Å². The average molecular weight is 271 g/mol. The van der Waals surface area contributed by atoms with Crippen molar-refractivity contribution >= 4 is 29.1 Å². The molecule has 1 atom stereocenters. The van der Waals surface area contributed by atoms with Crippen molar-refractivity contribution in [2.24, 2.45) is 5.92 Å². The fourth-order valence-electron chi connectivity index (χ4n) is 2.97. The maximum absolute atomic E-state index is 2.32. The van der Waals surface area contributed by atoms with Crippen LogP contribution in [0.3, 0.4) is 0 Å². The molecule has 21 heavy (non-hydrogen) atoms. The van der Waals surface area contributed by atoms with E-state index in [0.29, 0.717) is 5.92 Å². The zero-order valence-electron chi connectivity index (χ0n) is 12.9. The van der Waals surface area contributed by atoms with Gasteiger partial charge in [-0.2, -0.15) is 0 Å². The summed E-state index contributed by atoms with van der Waals surface area (Å²) < 4.78 is 0. The summed E-state index contributed by atoms with van der Waals surface area (Å²) in [5, 5.41) is 2.62. The minimum absolute atomic E-state index is 0.472. The molecule has 0 aromatic heterocycles. The zero-order valence-corrected chi connectivity index (χ0v) is 12.9. The average Bonchev–Trinajstić information content (AvgIpc) is 2.77. The number of hydrogen-bond donors (Lipinski definition) is 0. The predicted octanol–water partition coefficient (Wildman–Crippen LogP) is 4.68. The monoisotopic (exact) mass is 271 g/mol. The van der Waals surface area contributed by atoms with E-state index in [1.165, 1.54) is 32.8 Å². The highest BCUT2D eigenvalue weighted by atomic mass is 14.1. The van der Waals surface area contributed by atoms with Crippen LogP contribution in [0, 0.1) is 5.92 Å². The summed E-state index contributed by atoms with van der Waals surface area (Å²) >= 11 is 0. The van der Waals surface area contributed by atoms with Gasteiger partial charge in [0.2, 0.25) is 0 Å². The first-order valence-electron chi connectivity index (χ1n) is 7.59. The van der Waals surface area contributed by atoms with E-state index in [2.05, 4.69) is 88.8 Å². The third-order valence-corrected chi connectivity index (χ3v) is 4.07. The molecular formula is C20H20B. The van der Waals surface area contributed by atoms with Gasteiger partial charge in [-0.1, -0.05) is 79.4 Å². The second-order valence-electron chi connectivity index (χ2n) is 5.77. The van der Waals surface area contributed by atoms with E-state index in [0.717, 1.165) is 0 Å². The lowest BCUT2D eigenvalue weighted by molar-refractivity contribution is 0.938. The molecule has 1 unspecified atom stereocenters. The SMILES string of the molecule is C/C=C\C(C)/C=C\C1=C(C)[B]c2cc3ccccc3cc21. The highest BCUT2D eigenvalue weighted by molar-refractivity contribution is 6.66. The molecule has 0 saturated carbocycles. The number of hydrogen-bond acceptors (Lipinski definition) is 0. The molecule has 0 aliphatic carbocycles. The van der Waals surface area contributed by atoms with Gasteiger partial charge < -0.3 is 0 Å². The van der Waals surface area contributed by atoms with Gasteiger partial charge in [0.15, 0.2) is 7.28 Å². The molecule has 1 radical (unpaired) electrons. The molecule has 0 nitrogen and oxygen atoms in total. The second kappa shape index (κ2) is 5.77. The van der Waals surface area contributed by atoms with Crippen LogP contribution in [0.15, 0.2) is 66.2 Å². The third-order valence-electron chi connectivity index (χ3n) is 4.07. The normalized spacial score (nSPS) is 16.0. The molecule has 0 fully saturated rings. The lowest BCUT2D eigenvalue weighted by Crippen LogP contribution is -2.12. The summed E-state index contributed by atoms with van der Waals surface area (Å²) in [6.07, 6.45) is 8.87. The Bertz CT molecular complexity index is 763. The molecule has 0 bridgehead atoms. The van der Waals surface area contributed by atoms with Crippen molar-refractivity contribution in [2.45, 2.75) is 20.8 Å². The van der Waals surface area contributed by atoms with Crippen molar-refractivity contribution in [3.05, 3.63) is 71.7 Å². The molecule has 1 aliphatic rings. The van der Waals surface area contributed by atoms with Crippen molar-refractivity contribution in [2.75, 3.05) is 0 Å². The largest absolute Gasteiger partial charge is 0.187 e. The highest BCUT2D eigenvalue weighted by Crippen LogP contribution is 2.28. The first-order chi connectivity index (χ1) is 10.2. The topological polar surface area (TPSA) is 0 Å². The molecule has 1 heterocycles. The fourth-order valence-corrected chi connectivity index (χ4v) is 2.97. The molecular weight excluding hydrogens is 251 g/mol. The molecule has 103 valence electrons. The number of allylic oxidation sites excluding steroid dienone is 6. The van der Waals surface area contributed by atoms with Crippen LogP contribution >= 0.6 is 0 Å². The van der Waals surface area contributed by atoms with Crippen LogP contribution in [0.2, 0.25) is 0 Å². The summed E-state index contributed by atoms with van der Waals surface area (Å²) in [6.45, 7) is 6.48. The Kier molecular flexibility index (Phi) is 3.83. The lowest BCUT2D eigenvalue weighted by Gasteiger charge is -2.06. The molecule has 0 saturated heterocycles. The summed E-state index contributed by atoms with van der Waals surface area (Å²) in [5.41, 5.74) is 5.40. The van der Waals surface area contributed by atoms with E-state index in [1.54, 1.807) is 0 Å². The van der Waals surface area contributed by atoms with Gasteiger partial charge in [0.05, 0.1) is 0 Å². The lowest BCUT2D eigenvalue weighted by atomic mass is 9.67. The molecule has 0 amide bonds. The minimum atomic E-state index is 0.472. The maximum atomic E-state index is 2.32. The Morgan fingerprint density at radius 2 is 1.76 bits per heavy atom. The van der Waals surface area contributed by atoms with E-state index in [1.807, 2.05) is 0 Å². The minimum Gasteiger partial charge on any atom is -0.0978 e. The van der Waals surface area contributed by atoms with Crippen LogP contribution in [0.5, 0.6) is 0 Å². The molecule has 1 aliphatic heterocycles. The molecule has 0 N–H and O–H groups in total. The highest BCUT2D eigenvalue weighted by Gasteiger charge is 2.18. The van der Waals surface area contributed by atoms with Gasteiger partial charge in [0, 0.05) is 0 Å². The van der Waals surface area contributed by atoms with Gasteiger partial charge in [-0.3, -0.25) is 0 Å². The Hall–Kier alpha value is -2.02. The standard InChI is InChI=1S/C20H20B/c1-4-7-14(2)10-11-18-15(3)21-20-13-17-9-6-5-8-16(17)12-19(18)20/h4-14H,1-3H3/b7-4-,11-10-. The van der Waals surface area contributed by atoms with E-state index in [-0.39, 0.29) is 0 Å². The number of benzene rings is 2. The van der Waals surface area contributed by atoms with Crippen molar-refractivity contribution in [3.63, 3.8) is 0 Å². The summed E-state index contributed by atoms with van der Waals surface area (Å²) in [6, 6.07) is 13.2. The quantitative estimate of drug-likeness (QED) is 0.561. The van der Waals surface area contributed by atoms with E-state index < -0.39 is 0 Å². The first-order valence-corrected chi connectivity index (χ1v) is 7.59. The Labute approximate surface area is 128 Å². The molecule has 2 aromatic rings. The zero-order chi connectivity index (χ0) is 14.8. The van der Waals surface area contributed by atoms with Gasteiger partial charge in [-0.05, 0) is 40.8 Å². The van der Waals surface area contributed by atoms with Gasteiger partial charge in [-0.15, -0.1) is 0 Å². The summed E-state index contributed by atoms with van der Waals surface area (Å²) in [4.78, 5) is 0. The number of rotatable bonds is 3. The van der Waals surface area contributed by atoms with Crippen LogP contribution in [-0.4, -0.2) is 7.28 Å². The molecule has 3 rings (SSSR count).